The Morgan fingerprint density at radius 1 is 1.47 bits per heavy atom. The van der Waals surface area contributed by atoms with E-state index in [1.54, 1.807) is 22.6 Å². The number of halogens is 4. The van der Waals surface area contributed by atoms with Gasteiger partial charge in [0.2, 0.25) is 11.8 Å². The summed E-state index contributed by atoms with van der Waals surface area (Å²) in [6, 6.07) is 3.24. The van der Waals surface area contributed by atoms with Gasteiger partial charge in [-0.2, -0.15) is 10.2 Å². The van der Waals surface area contributed by atoms with E-state index in [-0.39, 0.29) is 15.9 Å². The molecule has 0 saturated carbocycles. The van der Waals surface area contributed by atoms with E-state index in [1.807, 2.05) is 6.07 Å². The SMILES string of the molecule is COc1nc(OC(F)(F)F)c(I)cc1CC#N. The van der Waals surface area contributed by atoms with E-state index in [4.69, 9.17) is 10.00 Å². The van der Waals surface area contributed by atoms with Gasteiger partial charge in [0.15, 0.2) is 0 Å². The molecule has 1 heterocycles. The number of nitriles is 1. The van der Waals surface area contributed by atoms with Crippen LogP contribution in [0, 0.1) is 14.9 Å². The van der Waals surface area contributed by atoms with Gasteiger partial charge in [0.05, 0.1) is 23.2 Å². The van der Waals surface area contributed by atoms with Crippen LogP contribution < -0.4 is 9.47 Å². The third-order valence-corrected chi connectivity index (χ3v) is 2.43. The molecule has 17 heavy (non-hydrogen) atoms. The number of rotatable bonds is 3. The van der Waals surface area contributed by atoms with Gasteiger partial charge >= 0.3 is 6.36 Å². The second kappa shape index (κ2) is 5.39. The number of hydrogen-bond acceptors (Lipinski definition) is 4. The largest absolute Gasteiger partial charge is 0.574 e. The molecule has 1 aromatic heterocycles. The van der Waals surface area contributed by atoms with Crippen molar-refractivity contribution in [2.45, 2.75) is 12.8 Å². The quantitative estimate of drug-likeness (QED) is 0.780. The van der Waals surface area contributed by atoms with Crippen LogP contribution in [-0.4, -0.2) is 18.5 Å². The first kappa shape index (κ1) is 13.8. The molecule has 0 unspecified atom stereocenters. The van der Waals surface area contributed by atoms with Crippen LogP contribution in [0.5, 0.6) is 11.8 Å². The number of aromatic nitrogens is 1. The van der Waals surface area contributed by atoms with Gasteiger partial charge in [0, 0.05) is 5.56 Å². The van der Waals surface area contributed by atoms with E-state index >= 15 is 0 Å². The lowest BCUT2D eigenvalue weighted by Gasteiger charge is -2.12. The highest BCUT2D eigenvalue weighted by Crippen LogP contribution is 2.30. The van der Waals surface area contributed by atoms with E-state index in [2.05, 4.69) is 9.72 Å². The Kier molecular flexibility index (Phi) is 4.39. The van der Waals surface area contributed by atoms with Crippen molar-refractivity contribution in [3.63, 3.8) is 0 Å². The van der Waals surface area contributed by atoms with Crippen LogP contribution in [0.3, 0.4) is 0 Å². The van der Waals surface area contributed by atoms with Crippen molar-refractivity contribution < 1.29 is 22.6 Å². The van der Waals surface area contributed by atoms with Crippen molar-refractivity contribution in [1.29, 1.82) is 5.26 Å². The van der Waals surface area contributed by atoms with Crippen LogP contribution in [0.25, 0.3) is 0 Å². The van der Waals surface area contributed by atoms with Crippen LogP contribution in [-0.2, 0) is 6.42 Å². The summed E-state index contributed by atoms with van der Waals surface area (Å²) in [7, 11) is 1.26. The van der Waals surface area contributed by atoms with Crippen LogP contribution in [0.1, 0.15) is 5.56 Å². The maximum Gasteiger partial charge on any atom is 0.574 e. The topological polar surface area (TPSA) is 55.1 Å². The maximum absolute atomic E-state index is 12.0. The summed E-state index contributed by atoms with van der Waals surface area (Å²) in [5.74, 6) is -0.636. The zero-order valence-electron chi connectivity index (χ0n) is 8.51. The molecule has 4 nitrogen and oxygen atoms in total. The fraction of sp³-hybridized carbons (Fsp3) is 0.333. The molecule has 0 aliphatic carbocycles. The van der Waals surface area contributed by atoms with E-state index in [1.165, 1.54) is 13.2 Å². The van der Waals surface area contributed by atoms with Gasteiger partial charge in [-0.15, -0.1) is 13.2 Å². The predicted octanol–water partition coefficient (Wildman–Crippen LogP) is 2.66. The smallest absolute Gasteiger partial charge is 0.481 e. The van der Waals surface area contributed by atoms with Crippen LogP contribution >= 0.6 is 22.6 Å². The highest BCUT2D eigenvalue weighted by Gasteiger charge is 2.33. The summed E-state index contributed by atoms with van der Waals surface area (Å²) >= 11 is 1.65. The summed E-state index contributed by atoms with van der Waals surface area (Å²) < 4.78 is 44.8. The van der Waals surface area contributed by atoms with Crippen molar-refractivity contribution in [2.24, 2.45) is 0 Å². The van der Waals surface area contributed by atoms with Crippen molar-refractivity contribution >= 4 is 22.6 Å². The molecule has 0 fully saturated rings. The van der Waals surface area contributed by atoms with Gasteiger partial charge < -0.3 is 9.47 Å². The number of hydrogen-bond donors (Lipinski definition) is 0. The molecular formula is C9H6F3IN2O2. The first-order chi connectivity index (χ1) is 7.87. The first-order valence-corrected chi connectivity index (χ1v) is 5.31. The highest BCUT2D eigenvalue weighted by molar-refractivity contribution is 14.1. The lowest BCUT2D eigenvalue weighted by molar-refractivity contribution is -0.276. The number of ether oxygens (including phenoxy) is 2. The van der Waals surface area contributed by atoms with E-state index in [0.29, 0.717) is 5.56 Å². The first-order valence-electron chi connectivity index (χ1n) is 4.23. The van der Waals surface area contributed by atoms with Gasteiger partial charge in [-0.25, -0.2) is 0 Å². The minimum Gasteiger partial charge on any atom is -0.481 e. The summed E-state index contributed by atoms with van der Waals surface area (Å²) in [5, 5.41) is 8.54. The Balaban J connectivity index is 3.14. The molecule has 0 bridgehead atoms. The van der Waals surface area contributed by atoms with Crippen molar-refractivity contribution in [2.75, 3.05) is 7.11 Å². The van der Waals surface area contributed by atoms with Crippen LogP contribution in [0.4, 0.5) is 13.2 Å². The second-order valence-electron chi connectivity index (χ2n) is 2.83. The Morgan fingerprint density at radius 3 is 2.59 bits per heavy atom. The number of alkyl halides is 3. The molecule has 0 spiro atoms. The number of methoxy groups -OCH3 is 1. The third-order valence-electron chi connectivity index (χ3n) is 1.66. The molecule has 0 N–H and O–H groups in total. The molecule has 92 valence electrons. The second-order valence-corrected chi connectivity index (χ2v) is 3.99. The average molecular weight is 358 g/mol. The predicted molar refractivity (Wildman–Crippen MR) is 59.5 cm³/mol. The molecule has 0 saturated heterocycles. The lowest BCUT2D eigenvalue weighted by atomic mass is 10.2. The average Bonchev–Trinajstić information content (AvgIpc) is 2.20. The van der Waals surface area contributed by atoms with E-state index in [9.17, 15) is 13.2 Å². The lowest BCUT2D eigenvalue weighted by Crippen LogP contribution is -2.19. The molecule has 0 radical (unpaired) electrons. The van der Waals surface area contributed by atoms with Gasteiger partial charge in [-0.3, -0.25) is 0 Å². The maximum atomic E-state index is 12.0. The van der Waals surface area contributed by atoms with Crippen molar-refractivity contribution in [1.82, 2.24) is 4.98 Å². The number of pyridine rings is 1. The molecular weight excluding hydrogens is 352 g/mol. The third kappa shape index (κ3) is 3.92. The molecule has 0 aliphatic heterocycles. The van der Waals surface area contributed by atoms with Crippen molar-refractivity contribution in [3.05, 3.63) is 15.2 Å². The minimum atomic E-state index is -4.81. The number of nitrogens with zero attached hydrogens (tertiary/aromatic N) is 2. The molecule has 1 rings (SSSR count). The standard InChI is InChI=1S/C9H6F3IN2O2/c1-16-7-5(2-3-14)4-6(13)8(15-7)17-9(10,11)12/h4H,2H2,1H3. The van der Waals surface area contributed by atoms with Gasteiger partial charge in [0.25, 0.3) is 0 Å². The summed E-state index contributed by atoms with van der Waals surface area (Å²) in [4.78, 5) is 3.57. The Labute approximate surface area is 108 Å². The minimum absolute atomic E-state index is 0.00152. The zero-order chi connectivity index (χ0) is 13.1. The van der Waals surface area contributed by atoms with E-state index < -0.39 is 12.2 Å². The van der Waals surface area contributed by atoms with Crippen LogP contribution in [0.2, 0.25) is 0 Å². The summed E-state index contributed by atoms with van der Waals surface area (Å²) in [6.07, 6.45) is -4.81. The Morgan fingerprint density at radius 2 is 2.12 bits per heavy atom. The molecule has 0 aliphatic rings. The van der Waals surface area contributed by atoms with Crippen LogP contribution in [0.15, 0.2) is 6.07 Å². The summed E-state index contributed by atoms with van der Waals surface area (Å²) in [6.45, 7) is 0. The molecule has 0 amide bonds. The van der Waals surface area contributed by atoms with E-state index in [0.717, 1.165) is 0 Å². The van der Waals surface area contributed by atoms with Gasteiger partial charge in [-0.1, -0.05) is 0 Å². The summed E-state index contributed by atoms with van der Waals surface area (Å²) in [5.41, 5.74) is 0.411. The molecule has 0 aromatic carbocycles. The molecule has 1 aromatic rings. The monoisotopic (exact) mass is 358 g/mol. The normalized spacial score (nSPS) is 10.8. The highest BCUT2D eigenvalue weighted by atomic mass is 127. The Bertz CT molecular complexity index is 457. The van der Waals surface area contributed by atoms with Gasteiger partial charge in [-0.05, 0) is 28.7 Å². The van der Waals surface area contributed by atoms with Gasteiger partial charge in [0.1, 0.15) is 0 Å². The fourth-order valence-electron chi connectivity index (χ4n) is 1.06. The molecule has 8 heteroatoms. The zero-order valence-corrected chi connectivity index (χ0v) is 10.7. The Hall–Kier alpha value is -1.24. The van der Waals surface area contributed by atoms with Crippen molar-refractivity contribution in [3.8, 4) is 17.8 Å². The fourth-order valence-corrected chi connectivity index (χ4v) is 1.67. The molecule has 0 atom stereocenters.